The van der Waals surface area contributed by atoms with Gasteiger partial charge in [-0.15, -0.1) is 22.6 Å². The van der Waals surface area contributed by atoms with Gasteiger partial charge in [0, 0.05) is 51.0 Å². The van der Waals surface area contributed by atoms with E-state index in [4.69, 9.17) is 10.5 Å². The molecule has 7 nitrogen and oxygen atoms in total. The van der Waals surface area contributed by atoms with Crippen LogP contribution < -0.4 is 5.73 Å². The number of nitrogens with zero attached hydrogens (tertiary/aromatic N) is 4. The highest BCUT2D eigenvalue weighted by Crippen LogP contribution is 2.32. The smallest absolute Gasteiger partial charge is 0.225 e. The largest absolute Gasteiger partial charge is 0.380 e. The molecule has 3 aliphatic rings. The fourth-order valence-electron chi connectivity index (χ4n) is 5.07. The van der Waals surface area contributed by atoms with Crippen LogP contribution in [0.3, 0.4) is 0 Å². The molecule has 158 valence electrons. The van der Waals surface area contributed by atoms with Crippen LogP contribution in [-0.2, 0) is 22.5 Å². The Morgan fingerprint density at radius 1 is 1.07 bits per heavy atom. The molecule has 1 amide bonds. The monoisotopic (exact) mass is 411 g/mol. The van der Waals surface area contributed by atoms with E-state index in [2.05, 4.69) is 19.7 Å². The van der Waals surface area contributed by atoms with Crippen molar-refractivity contribution in [1.29, 1.82) is 0 Å². The third-order valence-electron chi connectivity index (χ3n) is 6.80. The third-order valence-corrected chi connectivity index (χ3v) is 6.80. The zero-order valence-corrected chi connectivity index (χ0v) is 17.7. The van der Waals surface area contributed by atoms with Crippen molar-refractivity contribution in [3.63, 3.8) is 0 Å². The molecule has 0 unspecified atom stereocenters. The van der Waals surface area contributed by atoms with Crippen LogP contribution in [0.2, 0.25) is 0 Å². The standard InChI is InChI=1S/C20H33N5O2.ClH/c1-27-17-13-15(6-7-16(17)21)20(26)24-11-8-14(9-12-24)19-23-22-18-5-3-2-4-10-25(18)19;/h14-17H,2-13,21H2,1H3;1H/t15-,16+,17+;/m0./s1. The second kappa shape index (κ2) is 9.55. The van der Waals surface area contributed by atoms with Crippen LogP contribution in [-0.4, -0.2) is 57.9 Å². The maximum absolute atomic E-state index is 13.0. The number of rotatable bonds is 3. The Morgan fingerprint density at radius 2 is 1.86 bits per heavy atom. The molecule has 1 saturated heterocycles. The summed E-state index contributed by atoms with van der Waals surface area (Å²) in [6.07, 6.45) is 9.28. The highest BCUT2D eigenvalue weighted by atomic mass is 35.5. The Balaban J connectivity index is 0.00000225. The molecule has 1 aromatic heterocycles. The molecule has 1 aromatic rings. The summed E-state index contributed by atoms with van der Waals surface area (Å²) >= 11 is 0. The zero-order valence-electron chi connectivity index (χ0n) is 16.9. The molecule has 8 heteroatoms. The fraction of sp³-hybridized carbons (Fsp3) is 0.850. The second-order valence-electron chi connectivity index (χ2n) is 8.48. The summed E-state index contributed by atoms with van der Waals surface area (Å²) < 4.78 is 7.85. The van der Waals surface area contributed by atoms with Gasteiger partial charge < -0.3 is 19.9 Å². The maximum atomic E-state index is 13.0. The van der Waals surface area contributed by atoms with E-state index < -0.39 is 0 Å². The van der Waals surface area contributed by atoms with Crippen molar-refractivity contribution in [2.45, 2.75) is 82.4 Å². The summed E-state index contributed by atoms with van der Waals surface area (Å²) in [5, 5.41) is 8.98. The number of hydrogen-bond acceptors (Lipinski definition) is 5. The average molecular weight is 412 g/mol. The van der Waals surface area contributed by atoms with E-state index in [1.165, 1.54) is 19.3 Å². The minimum Gasteiger partial charge on any atom is -0.380 e. The first-order chi connectivity index (χ1) is 13.2. The summed E-state index contributed by atoms with van der Waals surface area (Å²) in [5.41, 5.74) is 6.10. The molecule has 1 saturated carbocycles. The summed E-state index contributed by atoms with van der Waals surface area (Å²) in [4.78, 5) is 15.0. The van der Waals surface area contributed by atoms with Crippen LogP contribution in [0.15, 0.2) is 0 Å². The van der Waals surface area contributed by atoms with Gasteiger partial charge in [-0.1, -0.05) is 6.42 Å². The molecule has 0 bridgehead atoms. The number of aromatic nitrogens is 3. The molecule has 4 rings (SSSR count). The summed E-state index contributed by atoms with van der Waals surface area (Å²) in [7, 11) is 1.70. The minimum atomic E-state index is 0. The van der Waals surface area contributed by atoms with Gasteiger partial charge in [-0.3, -0.25) is 4.79 Å². The van der Waals surface area contributed by atoms with Gasteiger partial charge in [0.1, 0.15) is 11.6 Å². The third kappa shape index (κ3) is 4.36. The van der Waals surface area contributed by atoms with Gasteiger partial charge in [0.2, 0.25) is 5.91 Å². The predicted octanol–water partition coefficient (Wildman–Crippen LogP) is 2.27. The maximum Gasteiger partial charge on any atom is 0.225 e. The molecular weight excluding hydrogens is 378 g/mol. The van der Waals surface area contributed by atoms with Crippen molar-refractivity contribution >= 4 is 18.3 Å². The lowest BCUT2D eigenvalue weighted by Crippen LogP contribution is -2.48. The number of methoxy groups -OCH3 is 1. The van der Waals surface area contributed by atoms with Crippen molar-refractivity contribution in [2.75, 3.05) is 20.2 Å². The Hall–Kier alpha value is -1.18. The van der Waals surface area contributed by atoms with Crippen LogP contribution in [0.5, 0.6) is 0 Å². The van der Waals surface area contributed by atoms with Gasteiger partial charge >= 0.3 is 0 Å². The number of fused-ring (bicyclic) bond motifs is 1. The molecule has 3 atom stereocenters. The number of carbonyl (C=O) groups excluding carboxylic acids is 1. The highest BCUT2D eigenvalue weighted by Gasteiger charge is 2.36. The van der Waals surface area contributed by atoms with Crippen molar-refractivity contribution in [1.82, 2.24) is 19.7 Å². The normalized spacial score (nSPS) is 28.9. The number of amides is 1. The van der Waals surface area contributed by atoms with Crippen LogP contribution in [0.1, 0.15) is 68.9 Å². The molecule has 2 fully saturated rings. The first kappa shape index (κ1) is 21.5. The van der Waals surface area contributed by atoms with Crippen LogP contribution in [0.25, 0.3) is 0 Å². The van der Waals surface area contributed by atoms with Gasteiger partial charge in [-0.05, 0) is 44.9 Å². The topological polar surface area (TPSA) is 86.3 Å². The first-order valence-electron chi connectivity index (χ1n) is 10.7. The number of carbonyl (C=O) groups is 1. The Kier molecular flexibility index (Phi) is 7.34. The Morgan fingerprint density at radius 3 is 2.61 bits per heavy atom. The molecule has 0 spiro atoms. The Bertz CT molecular complexity index is 659. The van der Waals surface area contributed by atoms with E-state index in [1.807, 2.05) is 0 Å². The molecule has 3 heterocycles. The van der Waals surface area contributed by atoms with Crippen LogP contribution >= 0.6 is 12.4 Å². The molecule has 28 heavy (non-hydrogen) atoms. The van der Waals surface area contributed by atoms with Gasteiger partial charge in [0.15, 0.2) is 0 Å². The van der Waals surface area contributed by atoms with E-state index in [-0.39, 0.29) is 30.5 Å². The number of piperidine rings is 1. The minimum absolute atomic E-state index is 0. The SMILES string of the molecule is CO[C@@H]1C[C@@H](C(=O)N2CCC(c3nnc4n3CCCCC4)CC2)CC[C@H]1N.Cl. The number of nitrogens with two attached hydrogens (primary N) is 1. The molecule has 0 radical (unpaired) electrons. The molecule has 1 aliphatic carbocycles. The quantitative estimate of drug-likeness (QED) is 0.824. The lowest BCUT2D eigenvalue weighted by atomic mass is 9.83. The van der Waals surface area contributed by atoms with Gasteiger partial charge in [0.05, 0.1) is 6.10 Å². The number of ether oxygens (including phenoxy) is 1. The van der Waals surface area contributed by atoms with Gasteiger partial charge in [-0.25, -0.2) is 0 Å². The lowest BCUT2D eigenvalue weighted by Gasteiger charge is -2.37. The number of halogens is 1. The van der Waals surface area contributed by atoms with Crippen LogP contribution in [0, 0.1) is 5.92 Å². The summed E-state index contributed by atoms with van der Waals surface area (Å²) in [6.45, 7) is 2.70. The van der Waals surface area contributed by atoms with E-state index in [1.54, 1.807) is 7.11 Å². The van der Waals surface area contributed by atoms with Crippen LogP contribution in [0.4, 0.5) is 0 Å². The van der Waals surface area contributed by atoms with E-state index in [9.17, 15) is 4.79 Å². The predicted molar refractivity (Wildman–Crippen MR) is 109 cm³/mol. The van der Waals surface area contributed by atoms with Crippen molar-refractivity contribution in [3.05, 3.63) is 11.6 Å². The summed E-state index contributed by atoms with van der Waals surface area (Å²) in [5.74, 6) is 3.10. The Labute approximate surface area is 173 Å². The number of hydrogen-bond donors (Lipinski definition) is 1. The van der Waals surface area contributed by atoms with E-state index in [0.717, 1.165) is 69.8 Å². The zero-order chi connectivity index (χ0) is 18.8. The molecular formula is C20H34ClN5O2. The van der Waals surface area contributed by atoms with Crippen molar-refractivity contribution in [2.24, 2.45) is 11.7 Å². The first-order valence-corrected chi connectivity index (χ1v) is 10.7. The van der Waals surface area contributed by atoms with E-state index in [0.29, 0.717) is 11.8 Å². The van der Waals surface area contributed by atoms with Crippen molar-refractivity contribution in [3.8, 4) is 0 Å². The lowest BCUT2D eigenvalue weighted by molar-refractivity contribution is -0.139. The van der Waals surface area contributed by atoms with Gasteiger partial charge in [0.25, 0.3) is 0 Å². The molecule has 0 aromatic carbocycles. The number of aryl methyl sites for hydroxylation is 1. The average Bonchev–Trinajstić information content (AvgIpc) is 2.96. The number of likely N-dealkylation sites (tertiary alicyclic amines) is 1. The van der Waals surface area contributed by atoms with Gasteiger partial charge in [-0.2, -0.15) is 0 Å². The fourth-order valence-corrected chi connectivity index (χ4v) is 5.07. The summed E-state index contributed by atoms with van der Waals surface area (Å²) in [6, 6.07) is 0.0629. The van der Waals surface area contributed by atoms with Crippen molar-refractivity contribution < 1.29 is 9.53 Å². The van der Waals surface area contributed by atoms with E-state index >= 15 is 0 Å². The highest BCUT2D eigenvalue weighted by molar-refractivity contribution is 5.85. The molecule has 2 N–H and O–H groups in total. The second-order valence-corrected chi connectivity index (χ2v) is 8.48. The molecule has 2 aliphatic heterocycles.